The van der Waals surface area contributed by atoms with Gasteiger partial charge in [-0.25, -0.2) is 4.98 Å². The number of ether oxygens (including phenoxy) is 1. The third-order valence-electron chi connectivity index (χ3n) is 6.06. The number of halogens is 3. The highest BCUT2D eigenvalue weighted by molar-refractivity contribution is 5.94. The van der Waals surface area contributed by atoms with Crippen molar-refractivity contribution < 1.29 is 22.7 Å². The van der Waals surface area contributed by atoms with Crippen molar-refractivity contribution in [1.82, 2.24) is 10.3 Å². The van der Waals surface area contributed by atoms with E-state index in [2.05, 4.69) is 15.6 Å². The number of alkyl halides is 3. The molecule has 1 aromatic heterocycles. The molecule has 4 rings (SSSR count). The van der Waals surface area contributed by atoms with Crippen molar-refractivity contribution in [2.75, 3.05) is 12.4 Å². The molecule has 5 nitrogen and oxygen atoms in total. The Hall–Kier alpha value is -3.13. The molecule has 0 radical (unpaired) electrons. The maximum atomic E-state index is 13.5. The number of amides is 1. The number of carbonyl (C=O) groups is 1. The standard InChI is InChI=1S/C25H26F3N3O2/c1-15-8-10-18-19(12-15)31-23(25(26,27)28)14-20(18)30-21-13-17(9-11-22(21)33-2)29-24(32)16-6-4-3-5-7-16/h3-8,10,12,14,17,21-22H,9,11,13H2,1-2H3,(H,29,32)(H,30,31)/t17-,21+,22?/m1/s1. The van der Waals surface area contributed by atoms with Crippen molar-refractivity contribution in [3.05, 3.63) is 71.4 Å². The van der Waals surface area contributed by atoms with Crippen LogP contribution in [0.25, 0.3) is 10.9 Å². The normalized spacial score (nSPS) is 21.1. The minimum absolute atomic E-state index is 0.126. The number of nitrogens with zero attached hydrogens (tertiary/aromatic N) is 1. The smallest absolute Gasteiger partial charge is 0.379 e. The monoisotopic (exact) mass is 457 g/mol. The average Bonchev–Trinajstić information content (AvgIpc) is 2.79. The molecule has 0 saturated heterocycles. The first-order valence-corrected chi connectivity index (χ1v) is 10.9. The fourth-order valence-electron chi connectivity index (χ4n) is 4.37. The first-order chi connectivity index (χ1) is 15.7. The summed E-state index contributed by atoms with van der Waals surface area (Å²) in [5.74, 6) is -0.167. The van der Waals surface area contributed by atoms with Crippen molar-refractivity contribution in [2.45, 2.75) is 50.6 Å². The van der Waals surface area contributed by atoms with Gasteiger partial charge in [0.05, 0.1) is 17.7 Å². The number of aryl methyl sites for hydroxylation is 1. The zero-order chi connectivity index (χ0) is 23.6. The first-order valence-electron chi connectivity index (χ1n) is 10.9. The van der Waals surface area contributed by atoms with Crippen LogP contribution in [0.5, 0.6) is 0 Å². The number of fused-ring (bicyclic) bond motifs is 1. The number of hydrogen-bond donors (Lipinski definition) is 2. The molecule has 3 aromatic rings. The SMILES string of the molecule is COC1CC[C@@H](NC(=O)c2ccccc2)C[C@@H]1Nc1cc(C(F)(F)F)nc2cc(C)ccc12. The minimum atomic E-state index is -4.56. The van der Waals surface area contributed by atoms with Gasteiger partial charge in [-0.1, -0.05) is 30.3 Å². The van der Waals surface area contributed by atoms with Gasteiger partial charge in [0, 0.05) is 29.8 Å². The van der Waals surface area contributed by atoms with Crippen LogP contribution in [0.3, 0.4) is 0 Å². The topological polar surface area (TPSA) is 63.2 Å². The van der Waals surface area contributed by atoms with Gasteiger partial charge in [0.25, 0.3) is 5.91 Å². The van der Waals surface area contributed by atoms with Crippen LogP contribution in [-0.2, 0) is 10.9 Å². The van der Waals surface area contributed by atoms with Crippen LogP contribution in [0, 0.1) is 6.92 Å². The Morgan fingerprint density at radius 1 is 1.09 bits per heavy atom. The second-order valence-electron chi connectivity index (χ2n) is 8.45. The molecule has 1 aliphatic rings. The Morgan fingerprint density at radius 2 is 1.85 bits per heavy atom. The van der Waals surface area contributed by atoms with Crippen molar-refractivity contribution in [3.8, 4) is 0 Å². The molecule has 0 spiro atoms. The van der Waals surface area contributed by atoms with Gasteiger partial charge < -0.3 is 15.4 Å². The highest BCUT2D eigenvalue weighted by Crippen LogP contribution is 2.35. The molecule has 2 aromatic carbocycles. The molecule has 3 atom stereocenters. The summed E-state index contributed by atoms with van der Waals surface area (Å²) in [7, 11) is 1.59. The summed E-state index contributed by atoms with van der Waals surface area (Å²) < 4.78 is 46.2. The van der Waals surface area contributed by atoms with E-state index < -0.39 is 11.9 Å². The molecule has 8 heteroatoms. The molecule has 1 unspecified atom stereocenters. The summed E-state index contributed by atoms with van der Waals surface area (Å²) in [6.45, 7) is 1.82. The van der Waals surface area contributed by atoms with Crippen LogP contribution in [0.1, 0.15) is 40.9 Å². The molecular weight excluding hydrogens is 431 g/mol. The van der Waals surface area contributed by atoms with E-state index in [0.717, 1.165) is 18.1 Å². The van der Waals surface area contributed by atoms with Gasteiger partial charge in [0.15, 0.2) is 0 Å². The molecule has 0 aliphatic heterocycles. The number of methoxy groups -OCH3 is 1. The number of benzene rings is 2. The maximum absolute atomic E-state index is 13.5. The highest BCUT2D eigenvalue weighted by atomic mass is 19.4. The summed E-state index contributed by atoms with van der Waals surface area (Å²) in [5.41, 5.74) is 1.10. The lowest BCUT2D eigenvalue weighted by Crippen LogP contribution is -2.48. The number of pyridine rings is 1. The van der Waals surface area contributed by atoms with Gasteiger partial charge in [-0.2, -0.15) is 13.2 Å². The van der Waals surface area contributed by atoms with Crippen LogP contribution >= 0.6 is 0 Å². The van der Waals surface area contributed by atoms with E-state index in [1.165, 1.54) is 0 Å². The Kier molecular flexibility index (Phi) is 6.56. The fraction of sp³-hybridized carbons (Fsp3) is 0.360. The molecule has 2 N–H and O–H groups in total. The zero-order valence-corrected chi connectivity index (χ0v) is 18.4. The predicted molar refractivity (Wildman–Crippen MR) is 121 cm³/mol. The summed E-state index contributed by atoms with van der Waals surface area (Å²) in [6, 6.07) is 14.9. The molecular formula is C25H26F3N3O2. The molecule has 0 bridgehead atoms. The Balaban J connectivity index is 1.60. The van der Waals surface area contributed by atoms with Gasteiger partial charge in [-0.15, -0.1) is 0 Å². The van der Waals surface area contributed by atoms with Crippen molar-refractivity contribution >= 4 is 22.5 Å². The largest absolute Gasteiger partial charge is 0.433 e. The molecule has 1 saturated carbocycles. The maximum Gasteiger partial charge on any atom is 0.433 e. The first kappa shape index (κ1) is 23.0. The molecule has 33 heavy (non-hydrogen) atoms. The quantitative estimate of drug-likeness (QED) is 0.543. The lowest BCUT2D eigenvalue weighted by molar-refractivity contribution is -0.140. The van der Waals surface area contributed by atoms with E-state index in [-0.39, 0.29) is 29.6 Å². The number of aromatic nitrogens is 1. The Bertz CT molecular complexity index is 1130. The van der Waals surface area contributed by atoms with Crippen molar-refractivity contribution in [3.63, 3.8) is 0 Å². The van der Waals surface area contributed by atoms with E-state index in [0.29, 0.717) is 29.5 Å². The van der Waals surface area contributed by atoms with Crippen LogP contribution < -0.4 is 10.6 Å². The Labute approximate surface area is 190 Å². The third-order valence-corrected chi connectivity index (χ3v) is 6.06. The summed E-state index contributed by atoms with van der Waals surface area (Å²) in [4.78, 5) is 16.4. The van der Waals surface area contributed by atoms with Crippen LogP contribution in [0.2, 0.25) is 0 Å². The summed E-state index contributed by atoms with van der Waals surface area (Å²) in [6.07, 6.45) is -2.85. The number of nitrogens with one attached hydrogen (secondary N) is 2. The Morgan fingerprint density at radius 3 is 2.55 bits per heavy atom. The van der Waals surface area contributed by atoms with Gasteiger partial charge in [0.1, 0.15) is 5.69 Å². The minimum Gasteiger partial charge on any atom is -0.379 e. The second-order valence-corrected chi connectivity index (χ2v) is 8.45. The fourth-order valence-corrected chi connectivity index (χ4v) is 4.37. The number of rotatable bonds is 5. The van der Waals surface area contributed by atoms with E-state index in [1.54, 1.807) is 43.5 Å². The predicted octanol–water partition coefficient (Wildman–Crippen LogP) is 5.34. The third kappa shape index (κ3) is 5.27. The van der Waals surface area contributed by atoms with E-state index >= 15 is 0 Å². The van der Waals surface area contributed by atoms with Gasteiger partial charge >= 0.3 is 6.18 Å². The average molecular weight is 457 g/mol. The lowest BCUT2D eigenvalue weighted by atomic mass is 9.87. The summed E-state index contributed by atoms with van der Waals surface area (Å²) >= 11 is 0. The molecule has 1 heterocycles. The molecule has 1 aliphatic carbocycles. The van der Waals surface area contributed by atoms with E-state index in [9.17, 15) is 18.0 Å². The van der Waals surface area contributed by atoms with Gasteiger partial charge in [-0.3, -0.25) is 4.79 Å². The number of hydrogen-bond acceptors (Lipinski definition) is 4. The van der Waals surface area contributed by atoms with Crippen molar-refractivity contribution in [2.24, 2.45) is 0 Å². The van der Waals surface area contributed by atoms with E-state index in [1.807, 2.05) is 19.1 Å². The number of anilines is 1. The second kappa shape index (κ2) is 9.39. The lowest BCUT2D eigenvalue weighted by Gasteiger charge is -2.37. The zero-order valence-electron chi connectivity index (χ0n) is 18.4. The van der Waals surface area contributed by atoms with Crippen LogP contribution in [0.15, 0.2) is 54.6 Å². The van der Waals surface area contributed by atoms with Crippen molar-refractivity contribution in [1.29, 1.82) is 0 Å². The van der Waals surface area contributed by atoms with Crippen LogP contribution in [0.4, 0.5) is 18.9 Å². The van der Waals surface area contributed by atoms with Crippen LogP contribution in [-0.4, -0.2) is 36.2 Å². The summed E-state index contributed by atoms with van der Waals surface area (Å²) in [5, 5.41) is 6.94. The highest BCUT2D eigenvalue weighted by Gasteiger charge is 2.35. The molecule has 1 fully saturated rings. The van der Waals surface area contributed by atoms with E-state index in [4.69, 9.17) is 4.74 Å². The number of carbonyl (C=O) groups excluding carboxylic acids is 1. The van der Waals surface area contributed by atoms with Gasteiger partial charge in [0.2, 0.25) is 0 Å². The molecule has 1 amide bonds. The molecule has 174 valence electrons. The van der Waals surface area contributed by atoms with Gasteiger partial charge in [-0.05, 0) is 56.0 Å².